The maximum atomic E-state index is 12.1. The lowest BCUT2D eigenvalue weighted by molar-refractivity contribution is -0.133. The van der Waals surface area contributed by atoms with Crippen LogP contribution in [-0.2, 0) is 11.2 Å². The van der Waals surface area contributed by atoms with Gasteiger partial charge in [0.15, 0.2) is 0 Å². The molecule has 0 aliphatic rings. The van der Waals surface area contributed by atoms with E-state index in [-0.39, 0.29) is 24.1 Å². The quantitative estimate of drug-likeness (QED) is 0.889. The van der Waals surface area contributed by atoms with Crippen LogP contribution in [0.1, 0.15) is 32.0 Å². The fourth-order valence-corrected chi connectivity index (χ4v) is 1.90. The van der Waals surface area contributed by atoms with Gasteiger partial charge in [0.1, 0.15) is 0 Å². The first-order valence-corrected chi connectivity index (χ1v) is 6.23. The summed E-state index contributed by atoms with van der Waals surface area (Å²) in [5.74, 6) is -0.104. The summed E-state index contributed by atoms with van der Waals surface area (Å²) in [6, 6.07) is 0. The molecule has 1 aromatic heterocycles. The minimum absolute atomic E-state index is 0.104. The van der Waals surface area contributed by atoms with Crippen molar-refractivity contribution in [2.75, 3.05) is 13.1 Å². The Balaban J connectivity index is 2.75. The molecule has 0 radical (unpaired) electrons. The average Bonchev–Trinajstić information content (AvgIpc) is 2.56. The van der Waals surface area contributed by atoms with Crippen molar-refractivity contribution in [1.82, 2.24) is 10.1 Å². The van der Waals surface area contributed by atoms with Crippen molar-refractivity contribution < 1.29 is 14.4 Å². The normalized spacial score (nSPS) is 11.7. The van der Waals surface area contributed by atoms with Crippen molar-refractivity contribution in [3.05, 3.63) is 16.5 Å². The van der Waals surface area contributed by atoms with E-state index in [1.807, 2.05) is 6.92 Å². The van der Waals surface area contributed by atoms with Gasteiger partial charge in [-0.1, -0.05) is 5.16 Å². The number of rotatable bonds is 5. The van der Waals surface area contributed by atoms with Gasteiger partial charge in [0.05, 0.1) is 17.7 Å². The molecule has 0 fully saturated rings. The maximum absolute atomic E-state index is 12.1. The minimum Gasteiger partial charge on any atom is -0.389 e. The van der Waals surface area contributed by atoms with Crippen molar-refractivity contribution in [2.45, 2.75) is 39.7 Å². The lowest BCUT2D eigenvalue weighted by atomic mass is 10.1. The molecule has 0 spiro atoms. The van der Waals surface area contributed by atoms with E-state index >= 15 is 0 Å². The van der Waals surface area contributed by atoms with Crippen molar-refractivity contribution in [3.8, 4) is 0 Å². The largest absolute Gasteiger partial charge is 0.389 e. The SMILES string of the molecule is CCN(CC(C)(C)O)C(=O)Cc1c(C)noc1Cl. The van der Waals surface area contributed by atoms with Crippen LogP contribution < -0.4 is 0 Å². The molecule has 1 heterocycles. The fourth-order valence-electron chi connectivity index (χ4n) is 1.66. The molecule has 18 heavy (non-hydrogen) atoms. The zero-order chi connectivity index (χ0) is 13.9. The van der Waals surface area contributed by atoms with E-state index in [2.05, 4.69) is 5.16 Å². The Morgan fingerprint density at radius 1 is 1.56 bits per heavy atom. The molecule has 5 nitrogen and oxygen atoms in total. The summed E-state index contributed by atoms with van der Waals surface area (Å²) in [4.78, 5) is 13.7. The molecule has 0 aliphatic carbocycles. The van der Waals surface area contributed by atoms with Crippen LogP contribution in [0.15, 0.2) is 4.52 Å². The van der Waals surface area contributed by atoms with E-state index in [1.54, 1.807) is 25.7 Å². The highest BCUT2D eigenvalue weighted by molar-refractivity contribution is 6.29. The summed E-state index contributed by atoms with van der Waals surface area (Å²) in [7, 11) is 0. The van der Waals surface area contributed by atoms with Gasteiger partial charge < -0.3 is 14.5 Å². The van der Waals surface area contributed by atoms with Gasteiger partial charge >= 0.3 is 0 Å². The molecule has 0 saturated heterocycles. The molecule has 1 aromatic rings. The monoisotopic (exact) mass is 274 g/mol. The van der Waals surface area contributed by atoms with Gasteiger partial charge in [0.25, 0.3) is 0 Å². The number of aliphatic hydroxyl groups is 1. The number of aromatic nitrogens is 1. The zero-order valence-corrected chi connectivity index (χ0v) is 11.9. The molecule has 0 aromatic carbocycles. The Morgan fingerprint density at radius 3 is 2.56 bits per heavy atom. The van der Waals surface area contributed by atoms with E-state index < -0.39 is 5.60 Å². The zero-order valence-electron chi connectivity index (χ0n) is 11.2. The average molecular weight is 275 g/mol. The highest BCUT2D eigenvalue weighted by atomic mass is 35.5. The molecule has 0 unspecified atom stereocenters. The number of carbonyl (C=O) groups is 1. The van der Waals surface area contributed by atoms with Crippen LogP contribution in [0.2, 0.25) is 5.22 Å². The smallest absolute Gasteiger partial charge is 0.229 e. The van der Waals surface area contributed by atoms with Crippen LogP contribution in [0.3, 0.4) is 0 Å². The van der Waals surface area contributed by atoms with E-state index in [0.717, 1.165) is 0 Å². The highest BCUT2D eigenvalue weighted by Crippen LogP contribution is 2.20. The maximum Gasteiger partial charge on any atom is 0.229 e. The second-order valence-electron chi connectivity index (χ2n) is 4.92. The number of nitrogens with zero attached hydrogens (tertiary/aromatic N) is 2. The van der Waals surface area contributed by atoms with Gasteiger partial charge in [0, 0.05) is 18.7 Å². The lowest BCUT2D eigenvalue weighted by Gasteiger charge is -2.28. The van der Waals surface area contributed by atoms with E-state index in [9.17, 15) is 9.90 Å². The summed E-state index contributed by atoms with van der Waals surface area (Å²) >= 11 is 5.82. The number of carbonyl (C=O) groups excluding carboxylic acids is 1. The van der Waals surface area contributed by atoms with Crippen molar-refractivity contribution in [3.63, 3.8) is 0 Å². The summed E-state index contributed by atoms with van der Waals surface area (Å²) in [5, 5.41) is 13.6. The molecule has 1 amide bonds. The van der Waals surface area contributed by atoms with Gasteiger partial charge in [-0.2, -0.15) is 0 Å². The third-order valence-electron chi connectivity index (χ3n) is 2.58. The first-order chi connectivity index (χ1) is 8.24. The molecule has 6 heteroatoms. The van der Waals surface area contributed by atoms with Crippen LogP contribution in [0.5, 0.6) is 0 Å². The van der Waals surface area contributed by atoms with Gasteiger partial charge in [-0.05, 0) is 39.3 Å². The van der Waals surface area contributed by atoms with Gasteiger partial charge in [0.2, 0.25) is 11.1 Å². The van der Waals surface area contributed by atoms with Gasteiger partial charge in [-0.3, -0.25) is 4.79 Å². The summed E-state index contributed by atoms with van der Waals surface area (Å²) in [5.41, 5.74) is 0.308. The van der Waals surface area contributed by atoms with Crippen molar-refractivity contribution in [1.29, 1.82) is 0 Å². The molecule has 102 valence electrons. The first-order valence-electron chi connectivity index (χ1n) is 5.85. The van der Waals surface area contributed by atoms with Gasteiger partial charge in [-0.25, -0.2) is 0 Å². The third-order valence-corrected chi connectivity index (χ3v) is 2.87. The van der Waals surface area contributed by atoms with Gasteiger partial charge in [-0.15, -0.1) is 0 Å². The molecule has 1 N–H and O–H groups in total. The first kappa shape index (κ1) is 15.0. The Bertz CT molecular complexity index is 404. The molecule has 0 atom stereocenters. The van der Waals surface area contributed by atoms with E-state index in [0.29, 0.717) is 17.8 Å². The third kappa shape index (κ3) is 3.99. The number of hydrogen-bond donors (Lipinski definition) is 1. The molecular weight excluding hydrogens is 256 g/mol. The topological polar surface area (TPSA) is 66.6 Å². The molecule has 0 aliphatic heterocycles. The second kappa shape index (κ2) is 5.71. The van der Waals surface area contributed by atoms with E-state index in [1.165, 1.54) is 0 Å². The van der Waals surface area contributed by atoms with Crippen LogP contribution in [0.25, 0.3) is 0 Å². The molecule has 1 rings (SSSR count). The van der Waals surface area contributed by atoms with Crippen LogP contribution in [0, 0.1) is 6.92 Å². The van der Waals surface area contributed by atoms with Crippen molar-refractivity contribution in [2.24, 2.45) is 0 Å². The number of aryl methyl sites for hydroxylation is 1. The number of hydrogen-bond acceptors (Lipinski definition) is 4. The predicted octanol–water partition coefficient (Wildman–Crippen LogP) is 1.80. The molecule has 0 saturated carbocycles. The van der Waals surface area contributed by atoms with Crippen LogP contribution >= 0.6 is 11.6 Å². The van der Waals surface area contributed by atoms with E-state index in [4.69, 9.17) is 16.1 Å². The Labute approximate surface area is 112 Å². The summed E-state index contributed by atoms with van der Waals surface area (Å²) in [6.07, 6.45) is 0.137. The minimum atomic E-state index is -0.918. The number of amides is 1. The molecular formula is C12H19ClN2O3. The van der Waals surface area contributed by atoms with Crippen LogP contribution in [-0.4, -0.2) is 39.8 Å². The second-order valence-corrected chi connectivity index (χ2v) is 5.26. The Morgan fingerprint density at radius 2 is 2.17 bits per heavy atom. The Hall–Kier alpha value is -1.07. The van der Waals surface area contributed by atoms with Crippen molar-refractivity contribution >= 4 is 17.5 Å². The summed E-state index contributed by atoms with van der Waals surface area (Å²) < 4.78 is 4.81. The summed E-state index contributed by atoms with van der Waals surface area (Å²) in [6.45, 7) is 7.76. The molecule has 0 bridgehead atoms. The lowest BCUT2D eigenvalue weighted by Crippen LogP contribution is -2.42. The fraction of sp³-hybridized carbons (Fsp3) is 0.667. The predicted molar refractivity (Wildman–Crippen MR) is 68.5 cm³/mol. The number of halogens is 1. The number of likely N-dealkylation sites (N-methyl/N-ethyl adjacent to an activating group) is 1. The Kier molecular flexibility index (Phi) is 4.76. The van der Waals surface area contributed by atoms with Crippen LogP contribution in [0.4, 0.5) is 0 Å². The standard InChI is InChI=1S/C12H19ClN2O3/c1-5-15(7-12(3,4)17)10(16)6-9-8(2)14-18-11(9)13/h17H,5-7H2,1-4H3. The highest BCUT2D eigenvalue weighted by Gasteiger charge is 2.23.